The highest BCUT2D eigenvalue weighted by atomic mass is 32.1. The Morgan fingerprint density at radius 2 is 2.18 bits per heavy atom. The zero-order chi connectivity index (χ0) is 15.1. The molecule has 1 atom stereocenters. The first-order valence-corrected chi connectivity index (χ1v) is 9.04. The van der Waals surface area contributed by atoms with Gasteiger partial charge < -0.3 is 4.90 Å². The molecule has 22 heavy (non-hydrogen) atoms. The highest BCUT2D eigenvalue weighted by molar-refractivity contribution is 7.10. The van der Waals surface area contributed by atoms with E-state index >= 15 is 0 Å². The van der Waals surface area contributed by atoms with Gasteiger partial charge >= 0.3 is 0 Å². The van der Waals surface area contributed by atoms with Crippen molar-refractivity contribution in [2.75, 3.05) is 24.5 Å². The molecule has 116 valence electrons. The number of fused-ring (bicyclic) bond motifs is 2. The van der Waals surface area contributed by atoms with E-state index in [-0.39, 0.29) is 0 Å². The van der Waals surface area contributed by atoms with Gasteiger partial charge in [0.05, 0.1) is 11.7 Å². The standard InChI is InChI=1S/C17H22N4S/c1-3-20-7-4-15-14(10-20)17(19-11-18-15)21-8-5-16-13(12(21)2)6-9-22-16/h6,9,11-12H,3-5,7-8,10H2,1-2H3. The third kappa shape index (κ3) is 2.23. The fourth-order valence-electron chi connectivity index (χ4n) is 3.70. The normalized spacial score (nSPS) is 21.5. The number of hydrogen-bond acceptors (Lipinski definition) is 5. The third-order valence-corrected chi connectivity index (χ3v) is 6.05. The SMILES string of the molecule is CCN1CCc2ncnc(N3CCc4sccc4C3C)c2C1. The summed E-state index contributed by atoms with van der Waals surface area (Å²) in [7, 11) is 0. The summed E-state index contributed by atoms with van der Waals surface area (Å²) in [4.78, 5) is 15.7. The van der Waals surface area contributed by atoms with Crippen LogP contribution in [-0.2, 0) is 19.4 Å². The number of thiophene rings is 1. The second kappa shape index (κ2) is 5.63. The van der Waals surface area contributed by atoms with Gasteiger partial charge in [0.1, 0.15) is 12.1 Å². The predicted octanol–water partition coefficient (Wildman–Crippen LogP) is 3.04. The Morgan fingerprint density at radius 3 is 3.05 bits per heavy atom. The first kappa shape index (κ1) is 14.2. The van der Waals surface area contributed by atoms with E-state index in [4.69, 9.17) is 0 Å². The molecule has 2 aromatic heterocycles. The van der Waals surface area contributed by atoms with Gasteiger partial charge in [0.15, 0.2) is 0 Å². The molecule has 0 amide bonds. The van der Waals surface area contributed by atoms with Crippen LogP contribution < -0.4 is 4.90 Å². The van der Waals surface area contributed by atoms with Crippen molar-refractivity contribution < 1.29 is 0 Å². The zero-order valence-electron chi connectivity index (χ0n) is 13.2. The summed E-state index contributed by atoms with van der Waals surface area (Å²) >= 11 is 1.89. The lowest BCUT2D eigenvalue weighted by molar-refractivity contribution is 0.265. The van der Waals surface area contributed by atoms with E-state index in [1.807, 2.05) is 11.3 Å². The van der Waals surface area contributed by atoms with E-state index in [1.54, 1.807) is 11.2 Å². The van der Waals surface area contributed by atoms with Crippen molar-refractivity contribution in [3.8, 4) is 0 Å². The minimum Gasteiger partial charge on any atom is -0.349 e. The van der Waals surface area contributed by atoms with Gasteiger partial charge in [0.2, 0.25) is 0 Å². The molecule has 0 fully saturated rings. The highest BCUT2D eigenvalue weighted by Gasteiger charge is 2.29. The second-order valence-corrected chi connectivity index (χ2v) is 7.16. The Hall–Kier alpha value is -1.46. The van der Waals surface area contributed by atoms with Gasteiger partial charge in [-0.25, -0.2) is 9.97 Å². The topological polar surface area (TPSA) is 32.3 Å². The van der Waals surface area contributed by atoms with Crippen LogP contribution in [0.25, 0.3) is 0 Å². The van der Waals surface area contributed by atoms with E-state index in [0.717, 1.165) is 44.8 Å². The van der Waals surface area contributed by atoms with E-state index in [1.165, 1.54) is 16.8 Å². The third-order valence-electron chi connectivity index (χ3n) is 5.05. The Labute approximate surface area is 135 Å². The Bertz CT molecular complexity index is 681. The monoisotopic (exact) mass is 314 g/mol. The van der Waals surface area contributed by atoms with Crippen LogP contribution in [0.4, 0.5) is 5.82 Å². The highest BCUT2D eigenvalue weighted by Crippen LogP contribution is 2.37. The number of rotatable bonds is 2. The number of hydrogen-bond donors (Lipinski definition) is 0. The summed E-state index contributed by atoms with van der Waals surface area (Å²) in [6.45, 7) is 8.80. The van der Waals surface area contributed by atoms with Crippen molar-refractivity contribution >= 4 is 17.2 Å². The molecule has 4 heterocycles. The average molecular weight is 314 g/mol. The molecule has 4 nitrogen and oxygen atoms in total. The van der Waals surface area contributed by atoms with Crippen molar-refractivity contribution in [1.29, 1.82) is 0 Å². The minimum atomic E-state index is 0.408. The van der Waals surface area contributed by atoms with E-state index in [0.29, 0.717) is 6.04 Å². The molecule has 0 saturated carbocycles. The maximum absolute atomic E-state index is 4.68. The summed E-state index contributed by atoms with van der Waals surface area (Å²) in [5.74, 6) is 1.16. The van der Waals surface area contributed by atoms with Crippen LogP contribution in [0.3, 0.4) is 0 Å². The van der Waals surface area contributed by atoms with Gasteiger partial charge in [0, 0.05) is 36.5 Å². The lowest BCUT2D eigenvalue weighted by Crippen LogP contribution is -2.37. The van der Waals surface area contributed by atoms with Crippen LogP contribution in [0.2, 0.25) is 0 Å². The van der Waals surface area contributed by atoms with Crippen LogP contribution in [-0.4, -0.2) is 34.5 Å². The van der Waals surface area contributed by atoms with Crippen molar-refractivity contribution in [1.82, 2.24) is 14.9 Å². The molecular weight excluding hydrogens is 292 g/mol. The van der Waals surface area contributed by atoms with Crippen LogP contribution >= 0.6 is 11.3 Å². The summed E-state index contributed by atoms with van der Waals surface area (Å²) in [5, 5.41) is 2.22. The lowest BCUT2D eigenvalue weighted by Gasteiger charge is -2.37. The predicted molar refractivity (Wildman–Crippen MR) is 90.5 cm³/mol. The molecule has 0 saturated heterocycles. The Kier molecular flexibility index (Phi) is 3.62. The molecule has 0 aliphatic carbocycles. The number of likely N-dealkylation sites (N-methyl/N-ethyl adjacent to an activating group) is 1. The largest absolute Gasteiger partial charge is 0.349 e. The minimum absolute atomic E-state index is 0.408. The van der Waals surface area contributed by atoms with Gasteiger partial charge in [-0.05, 0) is 36.9 Å². The molecule has 5 heteroatoms. The molecule has 0 bridgehead atoms. The lowest BCUT2D eigenvalue weighted by atomic mass is 9.99. The molecular formula is C17H22N4S. The van der Waals surface area contributed by atoms with Crippen molar-refractivity contribution in [3.05, 3.63) is 39.5 Å². The van der Waals surface area contributed by atoms with E-state index in [9.17, 15) is 0 Å². The molecule has 0 radical (unpaired) electrons. The number of nitrogens with zero attached hydrogens (tertiary/aromatic N) is 4. The van der Waals surface area contributed by atoms with Gasteiger partial charge in [-0.2, -0.15) is 0 Å². The summed E-state index contributed by atoms with van der Waals surface area (Å²) < 4.78 is 0. The van der Waals surface area contributed by atoms with Crippen LogP contribution in [0.5, 0.6) is 0 Å². The maximum Gasteiger partial charge on any atom is 0.137 e. The van der Waals surface area contributed by atoms with E-state index < -0.39 is 0 Å². The first-order valence-electron chi connectivity index (χ1n) is 8.16. The van der Waals surface area contributed by atoms with Crippen molar-refractivity contribution in [3.63, 3.8) is 0 Å². The molecule has 0 spiro atoms. The number of aromatic nitrogens is 2. The quantitative estimate of drug-likeness (QED) is 0.853. The van der Waals surface area contributed by atoms with Gasteiger partial charge in [-0.1, -0.05) is 6.92 Å². The molecule has 4 rings (SSSR count). The fourth-order valence-corrected chi connectivity index (χ4v) is 4.66. The first-order chi connectivity index (χ1) is 10.8. The summed E-state index contributed by atoms with van der Waals surface area (Å²) in [6.07, 6.45) is 3.93. The second-order valence-electron chi connectivity index (χ2n) is 6.16. The van der Waals surface area contributed by atoms with Crippen LogP contribution in [0.1, 0.15) is 41.6 Å². The van der Waals surface area contributed by atoms with Gasteiger partial charge in [0.25, 0.3) is 0 Å². The van der Waals surface area contributed by atoms with Crippen LogP contribution in [0, 0.1) is 0 Å². The smallest absolute Gasteiger partial charge is 0.137 e. The van der Waals surface area contributed by atoms with E-state index in [2.05, 4.69) is 45.1 Å². The fraction of sp³-hybridized carbons (Fsp3) is 0.529. The summed E-state index contributed by atoms with van der Waals surface area (Å²) in [6, 6.07) is 2.69. The Morgan fingerprint density at radius 1 is 1.27 bits per heavy atom. The van der Waals surface area contributed by atoms with Gasteiger partial charge in [-0.3, -0.25) is 4.90 Å². The van der Waals surface area contributed by atoms with Gasteiger partial charge in [-0.15, -0.1) is 11.3 Å². The Balaban J connectivity index is 1.72. The zero-order valence-corrected chi connectivity index (χ0v) is 14.1. The van der Waals surface area contributed by atoms with Crippen LogP contribution in [0.15, 0.2) is 17.8 Å². The van der Waals surface area contributed by atoms with Crippen molar-refractivity contribution in [2.24, 2.45) is 0 Å². The molecule has 2 aliphatic rings. The molecule has 0 aromatic carbocycles. The maximum atomic E-state index is 4.68. The molecule has 2 aliphatic heterocycles. The molecule has 1 unspecified atom stereocenters. The molecule has 2 aromatic rings. The molecule has 0 N–H and O–H groups in total. The van der Waals surface area contributed by atoms with Crippen molar-refractivity contribution in [2.45, 2.75) is 39.3 Å². The number of anilines is 1. The average Bonchev–Trinajstić information content (AvgIpc) is 3.04. The summed E-state index contributed by atoms with van der Waals surface area (Å²) in [5.41, 5.74) is 4.07.